The smallest absolute Gasteiger partial charge is 0.335 e. The summed E-state index contributed by atoms with van der Waals surface area (Å²) in [4.78, 5) is 53.2. The molecular weight excluding hydrogens is 442 g/mol. The summed E-state index contributed by atoms with van der Waals surface area (Å²) in [5, 5.41) is 1.75. The number of ether oxygens (including phenoxy) is 4. The molecule has 1 saturated heterocycles. The van der Waals surface area contributed by atoms with Crippen LogP contribution in [-0.4, -0.2) is 65.7 Å². The van der Waals surface area contributed by atoms with E-state index >= 15 is 0 Å². The fourth-order valence-electron chi connectivity index (χ4n) is 3.32. The number of allylic oxidation sites excluding steroid dienone is 1. The van der Waals surface area contributed by atoms with Crippen molar-refractivity contribution in [3.05, 3.63) is 40.1 Å². The molecule has 11 nitrogen and oxygen atoms in total. The number of esters is 3. The van der Waals surface area contributed by atoms with Gasteiger partial charge < -0.3 is 29.6 Å². The van der Waals surface area contributed by atoms with Gasteiger partial charge in [0.25, 0.3) is 5.91 Å². The third-order valence-electron chi connectivity index (χ3n) is 4.61. The van der Waals surface area contributed by atoms with Crippen molar-refractivity contribution < 1.29 is 38.1 Å². The van der Waals surface area contributed by atoms with Gasteiger partial charge >= 0.3 is 17.9 Å². The summed E-state index contributed by atoms with van der Waals surface area (Å²) in [5.74, 6) is -2.54. The largest absolute Gasteiger partial charge is 0.459 e. The molecule has 172 valence electrons. The highest BCUT2D eigenvalue weighted by Gasteiger charge is 2.51. The molecule has 12 heteroatoms. The van der Waals surface area contributed by atoms with Gasteiger partial charge in [-0.05, 0) is 6.20 Å². The van der Waals surface area contributed by atoms with E-state index in [-0.39, 0.29) is 12.3 Å². The second-order valence-electron chi connectivity index (χ2n) is 7.19. The number of rotatable bonds is 7. The number of thiazole rings is 1. The van der Waals surface area contributed by atoms with Crippen LogP contribution in [0.3, 0.4) is 0 Å². The number of hydrogen-bond acceptors (Lipinski definition) is 11. The van der Waals surface area contributed by atoms with Gasteiger partial charge in [-0.3, -0.25) is 14.4 Å². The van der Waals surface area contributed by atoms with Gasteiger partial charge in [-0.15, -0.1) is 11.3 Å². The Morgan fingerprint density at radius 1 is 1.22 bits per heavy atom. The van der Waals surface area contributed by atoms with E-state index in [4.69, 9.17) is 24.7 Å². The topological polar surface area (TPSA) is 147 Å². The molecule has 2 N–H and O–H groups in total. The molecule has 0 unspecified atom stereocenters. The maximum atomic E-state index is 12.5. The van der Waals surface area contributed by atoms with Gasteiger partial charge in [0.2, 0.25) is 0 Å². The highest BCUT2D eigenvalue weighted by molar-refractivity contribution is 7.09. The first-order valence-electron chi connectivity index (χ1n) is 9.67. The van der Waals surface area contributed by atoms with Crippen molar-refractivity contribution in [3.63, 3.8) is 0 Å². The van der Waals surface area contributed by atoms with E-state index in [2.05, 4.69) is 4.98 Å². The van der Waals surface area contributed by atoms with E-state index < -0.39 is 48.2 Å². The highest BCUT2D eigenvalue weighted by Crippen LogP contribution is 2.39. The van der Waals surface area contributed by atoms with Crippen LogP contribution in [0.5, 0.6) is 0 Å². The first kappa shape index (κ1) is 23.4. The Balaban J connectivity index is 1.81. The van der Waals surface area contributed by atoms with Crippen LogP contribution in [0.1, 0.15) is 41.9 Å². The molecule has 3 heterocycles. The lowest BCUT2D eigenvalue weighted by molar-refractivity contribution is -0.165. The van der Waals surface area contributed by atoms with Crippen molar-refractivity contribution in [1.29, 1.82) is 0 Å². The Morgan fingerprint density at radius 3 is 2.50 bits per heavy atom. The average Bonchev–Trinajstić information content (AvgIpc) is 3.32. The molecule has 4 atom stereocenters. The minimum Gasteiger partial charge on any atom is -0.459 e. The fraction of sp³-hybridized carbons (Fsp3) is 0.450. The molecule has 0 spiro atoms. The van der Waals surface area contributed by atoms with Gasteiger partial charge in [0.15, 0.2) is 18.3 Å². The molecule has 0 radical (unpaired) electrons. The maximum absolute atomic E-state index is 12.5. The van der Waals surface area contributed by atoms with E-state index in [1.54, 1.807) is 18.1 Å². The molecule has 0 bridgehead atoms. The van der Waals surface area contributed by atoms with Crippen LogP contribution < -0.4 is 5.73 Å². The number of nitrogens with zero attached hydrogens (tertiary/aromatic N) is 2. The number of carbonyl (C=O) groups excluding carboxylic acids is 4. The summed E-state index contributed by atoms with van der Waals surface area (Å²) in [7, 11) is 1.78. The van der Waals surface area contributed by atoms with Crippen LogP contribution in [0, 0.1) is 0 Å². The van der Waals surface area contributed by atoms with Crippen LogP contribution in [0.25, 0.3) is 0 Å². The number of carbonyl (C=O) groups is 4. The number of hydrogen-bond donors (Lipinski definition) is 1. The Morgan fingerprint density at radius 2 is 1.91 bits per heavy atom. The molecule has 1 aromatic heterocycles. The molecule has 1 aromatic rings. The second kappa shape index (κ2) is 9.92. The van der Waals surface area contributed by atoms with Gasteiger partial charge in [-0.1, -0.05) is 6.08 Å². The Labute approximate surface area is 187 Å². The second-order valence-corrected chi connectivity index (χ2v) is 8.08. The standard InChI is InChI=1S/C20H23N3O8S/c1-10(24)29-15-14(8-28-20(27)12-5-4-6-23(3)7-12)31-17(16(15)30-11(2)25)19-22-13(9-32-19)18(21)26/h4,6-7,9,14-17H,5,8H2,1-3H3,(H2,21,26)/t14-,15+,16+,17-/m0/s1. The van der Waals surface area contributed by atoms with Gasteiger partial charge in [0.1, 0.15) is 23.4 Å². The Kier molecular flexibility index (Phi) is 7.26. The normalized spacial score (nSPS) is 24.6. The van der Waals surface area contributed by atoms with Crippen molar-refractivity contribution >= 4 is 35.2 Å². The summed E-state index contributed by atoms with van der Waals surface area (Å²) < 4.78 is 22.1. The third-order valence-corrected chi connectivity index (χ3v) is 5.52. The predicted molar refractivity (Wildman–Crippen MR) is 110 cm³/mol. The number of primary amides is 1. The molecule has 0 saturated carbocycles. The van der Waals surface area contributed by atoms with Gasteiger partial charge in [0.05, 0.1) is 5.57 Å². The highest BCUT2D eigenvalue weighted by atomic mass is 32.1. The quantitative estimate of drug-likeness (QED) is 0.453. The number of nitrogens with two attached hydrogens (primary N) is 1. The molecule has 32 heavy (non-hydrogen) atoms. The molecule has 2 aliphatic rings. The van der Waals surface area contributed by atoms with Gasteiger partial charge in [-0.2, -0.15) is 0 Å². The number of aromatic nitrogens is 1. The molecule has 0 aliphatic carbocycles. The van der Waals surface area contributed by atoms with E-state index in [1.807, 2.05) is 12.3 Å². The van der Waals surface area contributed by atoms with E-state index in [0.717, 1.165) is 11.3 Å². The van der Waals surface area contributed by atoms with Crippen LogP contribution >= 0.6 is 11.3 Å². The maximum Gasteiger partial charge on any atom is 0.335 e. The lowest BCUT2D eigenvalue weighted by Crippen LogP contribution is -2.40. The molecular formula is C20H23N3O8S. The Hall–Kier alpha value is -3.25. The summed E-state index contributed by atoms with van der Waals surface area (Å²) in [6, 6.07) is 0. The Bertz CT molecular complexity index is 972. The lowest BCUT2D eigenvalue weighted by Gasteiger charge is -2.23. The minimum atomic E-state index is -1.06. The predicted octanol–water partition coefficient (Wildman–Crippen LogP) is 0.822. The van der Waals surface area contributed by atoms with Crippen molar-refractivity contribution in [2.75, 3.05) is 13.7 Å². The molecule has 2 aliphatic heterocycles. The van der Waals surface area contributed by atoms with Gasteiger partial charge in [-0.25, -0.2) is 9.78 Å². The van der Waals surface area contributed by atoms with Gasteiger partial charge in [0, 0.05) is 38.9 Å². The van der Waals surface area contributed by atoms with Crippen LogP contribution in [0.15, 0.2) is 29.4 Å². The minimum absolute atomic E-state index is 0.0236. The monoisotopic (exact) mass is 465 g/mol. The van der Waals surface area contributed by atoms with E-state index in [0.29, 0.717) is 17.0 Å². The van der Waals surface area contributed by atoms with Crippen LogP contribution in [0.4, 0.5) is 0 Å². The zero-order chi connectivity index (χ0) is 23.4. The van der Waals surface area contributed by atoms with E-state index in [1.165, 1.54) is 19.2 Å². The lowest BCUT2D eigenvalue weighted by atomic mass is 10.1. The number of amides is 1. The molecule has 1 amide bonds. The summed E-state index contributed by atoms with van der Waals surface area (Å²) in [6.07, 6.45) is 1.69. The molecule has 1 fully saturated rings. The van der Waals surface area contributed by atoms with Crippen molar-refractivity contribution in [1.82, 2.24) is 9.88 Å². The first-order chi connectivity index (χ1) is 15.2. The third kappa shape index (κ3) is 5.51. The zero-order valence-electron chi connectivity index (χ0n) is 17.7. The van der Waals surface area contributed by atoms with Crippen LogP contribution in [0.2, 0.25) is 0 Å². The SMILES string of the molecule is CC(=O)O[C@@H]1[C@H](OC(C)=O)[C@H](COC(=O)C2=CN(C)C=CC2)O[C@@H]1c1nc(C(N)=O)cs1. The van der Waals surface area contributed by atoms with Crippen molar-refractivity contribution in [2.24, 2.45) is 5.73 Å². The fourth-order valence-corrected chi connectivity index (χ4v) is 4.20. The zero-order valence-corrected chi connectivity index (χ0v) is 18.5. The summed E-state index contributed by atoms with van der Waals surface area (Å²) >= 11 is 1.08. The molecule has 3 rings (SSSR count). The van der Waals surface area contributed by atoms with E-state index in [9.17, 15) is 19.2 Å². The summed E-state index contributed by atoms with van der Waals surface area (Å²) in [6.45, 7) is 2.14. The van der Waals surface area contributed by atoms with Crippen molar-refractivity contribution in [3.8, 4) is 0 Å². The van der Waals surface area contributed by atoms with Crippen molar-refractivity contribution in [2.45, 2.75) is 44.7 Å². The average molecular weight is 465 g/mol. The summed E-state index contributed by atoms with van der Waals surface area (Å²) in [5.41, 5.74) is 5.73. The molecule has 0 aromatic carbocycles. The first-order valence-corrected chi connectivity index (χ1v) is 10.5. The van der Waals surface area contributed by atoms with Crippen LogP contribution in [-0.2, 0) is 33.3 Å².